The van der Waals surface area contributed by atoms with E-state index >= 15 is 0 Å². The minimum atomic E-state index is 0. The van der Waals surface area contributed by atoms with Crippen LogP contribution in [0.5, 0.6) is 23.0 Å². The molecule has 6 heteroatoms. The first-order valence-electron chi connectivity index (χ1n) is 9.12. The van der Waals surface area contributed by atoms with E-state index in [4.69, 9.17) is 18.9 Å². The molecule has 0 bridgehead atoms. The number of hydrogen-bond acceptors (Lipinski definition) is 4. The van der Waals surface area contributed by atoms with E-state index in [0.717, 1.165) is 53.4 Å². The Morgan fingerprint density at radius 3 is 2.56 bits per heavy atom. The third-order valence-electron chi connectivity index (χ3n) is 6.31. The van der Waals surface area contributed by atoms with E-state index in [0.29, 0.717) is 12.8 Å². The fourth-order valence-electron chi connectivity index (χ4n) is 4.90. The molecule has 0 unspecified atom stereocenters. The van der Waals surface area contributed by atoms with Crippen LogP contribution in [0.4, 0.5) is 0 Å². The van der Waals surface area contributed by atoms with E-state index in [-0.39, 0.29) is 12.4 Å². The minimum Gasteiger partial charge on any atom is -1.00 e. The van der Waals surface area contributed by atoms with Crippen molar-refractivity contribution in [2.45, 2.75) is 25.4 Å². The average molecular weight is 390 g/mol. The van der Waals surface area contributed by atoms with Crippen LogP contribution in [-0.4, -0.2) is 39.1 Å². The Morgan fingerprint density at radius 2 is 1.81 bits per heavy atom. The maximum absolute atomic E-state index is 5.73. The monoisotopic (exact) mass is 389 g/mol. The normalized spacial score (nSPS) is 24.2. The summed E-state index contributed by atoms with van der Waals surface area (Å²) in [6, 6.07) is 9.00. The Morgan fingerprint density at radius 1 is 1.04 bits per heavy atom. The van der Waals surface area contributed by atoms with Crippen molar-refractivity contribution in [1.29, 1.82) is 0 Å². The number of fused-ring (bicyclic) bond motifs is 5. The Balaban J connectivity index is 0.00000180. The van der Waals surface area contributed by atoms with Crippen LogP contribution in [0, 0.1) is 0 Å². The lowest BCUT2D eigenvalue weighted by Crippen LogP contribution is -3.00. The van der Waals surface area contributed by atoms with Gasteiger partial charge in [0, 0.05) is 29.5 Å². The number of halogens is 1. The van der Waals surface area contributed by atoms with Gasteiger partial charge in [-0.3, -0.25) is 0 Å². The van der Waals surface area contributed by atoms with Crippen LogP contribution in [0.1, 0.15) is 28.3 Å². The van der Waals surface area contributed by atoms with Gasteiger partial charge in [-0.05, 0) is 29.8 Å². The summed E-state index contributed by atoms with van der Waals surface area (Å²) >= 11 is 0. The van der Waals surface area contributed by atoms with Gasteiger partial charge >= 0.3 is 0 Å². The molecule has 144 valence electrons. The maximum Gasteiger partial charge on any atom is 0.231 e. The van der Waals surface area contributed by atoms with Crippen LogP contribution in [0.3, 0.4) is 0 Å². The molecule has 0 N–H and O–H groups in total. The fraction of sp³-hybridized carbons (Fsp3) is 0.429. The summed E-state index contributed by atoms with van der Waals surface area (Å²) in [4.78, 5) is 0. The van der Waals surface area contributed by atoms with E-state index in [2.05, 4.69) is 25.2 Å². The molecule has 0 aliphatic carbocycles. The van der Waals surface area contributed by atoms with Gasteiger partial charge in [0.15, 0.2) is 23.0 Å². The van der Waals surface area contributed by atoms with E-state index in [1.165, 1.54) is 22.3 Å². The summed E-state index contributed by atoms with van der Waals surface area (Å²) in [6.07, 6.45) is 2.01. The number of nitrogens with zero attached hydrogens (tertiary/aromatic N) is 1. The van der Waals surface area contributed by atoms with Crippen molar-refractivity contribution in [3.05, 3.63) is 46.5 Å². The molecule has 2 aromatic carbocycles. The SMILES string of the molecule is COc1ccc2c(c1OC)C[C@H]1c3cc4c(cc3CC[N@+]1(C)C2)OCO4.[Cl-]. The van der Waals surface area contributed by atoms with Gasteiger partial charge in [0.05, 0.1) is 27.8 Å². The quantitative estimate of drug-likeness (QED) is 0.689. The maximum atomic E-state index is 5.73. The Labute approximate surface area is 165 Å². The zero-order valence-electron chi connectivity index (χ0n) is 15.9. The summed E-state index contributed by atoms with van der Waals surface area (Å²) in [6.45, 7) is 2.46. The molecular weight excluding hydrogens is 366 g/mol. The highest BCUT2D eigenvalue weighted by Gasteiger charge is 2.44. The van der Waals surface area contributed by atoms with E-state index < -0.39 is 0 Å². The van der Waals surface area contributed by atoms with Crippen molar-refractivity contribution in [1.82, 2.24) is 0 Å². The van der Waals surface area contributed by atoms with Crippen molar-refractivity contribution in [2.75, 3.05) is 34.6 Å². The number of ether oxygens (including phenoxy) is 4. The molecule has 2 atom stereocenters. The van der Waals surface area contributed by atoms with Crippen LogP contribution >= 0.6 is 0 Å². The average Bonchev–Trinajstić information content (AvgIpc) is 3.11. The van der Waals surface area contributed by atoms with Gasteiger partial charge in [0.25, 0.3) is 0 Å². The van der Waals surface area contributed by atoms with Crippen molar-refractivity contribution >= 4 is 0 Å². The molecule has 2 aromatic rings. The Hall–Kier alpha value is -2.11. The first-order valence-corrected chi connectivity index (χ1v) is 9.12. The first kappa shape index (κ1) is 18.3. The molecule has 5 rings (SSSR count). The summed E-state index contributed by atoms with van der Waals surface area (Å²) in [5, 5.41) is 0. The minimum absolute atomic E-state index is 0. The van der Waals surface area contributed by atoms with Gasteiger partial charge in [0.2, 0.25) is 6.79 Å². The Kier molecular flexibility index (Phi) is 4.40. The van der Waals surface area contributed by atoms with Crippen LogP contribution in [0.25, 0.3) is 0 Å². The van der Waals surface area contributed by atoms with Gasteiger partial charge in [-0.2, -0.15) is 0 Å². The predicted molar refractivity (Wildman–Crippen MR) is 97.0 cm³/mol. The lowest BCUT2D eigenvalue weighted by atomic mass is 9.81. The van der Waals surface area contributed by atoms with Crippen molar-refractivity contribution < 1.29 is 35.8 Å². The van der Waals surface area contributed by atoms with E-state index in [1.807, 2.05) is 6.07 Å². The number of likely N-dealkylation sites (N-methyl/N-ethyl adjacent to an activating group) is 1. The Bertz CT molecular complexity index is 900. The molecule has 27 heavy (non-hydrogen) atoms. The zero-order chi connectivity index (χ0) is 17.9. The second kappa shape index (κ2) is 6.50. The number of benzene rings is 2. The highest BCUT2D eigenvalue weighted by molar-refractivity contribution is 5.54. The number of quaternary nitrogens is 1. The molecule has 0 aromatic heterocycles. The molecule has 0 fully saturated rings. The second-order valence-corrected chi connectivity index (χ2v) is 7.67. The highest BCUT2D eigenvalue weighted by Crippen LogP contribution is 2.49. The summed E-state index contributed by atoms with van der Waals surface area (Å²) in [5.41, 5.74) is 5.42. The summed E-state index contributed by atoms with van der Waals surface area (Å²) in [5.74, 6) is 3.45. The fourth-order valence-corrected chi connectivity index (χ4v) is 4.90. The predicted octanol–water partition coefficient (Wildman–Crippen LogP) is 0.237. The second-order valence-electron chi connectivity index (χ2n) is 7.67. The van der Waals surface area contributed by atoms with Gasteiger partial charge < -0.3 is 35.8 Å². The van der Waals surface area contributed by atoms with Crippen LogP contribution in [0.15, 0.2) is 24.3 Å². The van der Waals surface area contributed by atoms with Gasteiger partial charge in [-0.25, -0.2) is 0 Å². The van der Waals surface area contributed by atoms with E-state index in [1.54, 1.807) is 14.2 Å². The van der Waals surface area contributed by atoms with Crippen LogP contribution in [-0.2, 0) is 19.4 Å². The molecular formula is C21H24ClNO4. The molecule has 0 saturated heterocycles. The molecule has 0 radical (unpaired) electrons. The third-order valence-corrected chi connectivity index (χ3v) is 6.31. The largest absolute Gasteiger partial charge is 1.00 e. The third kappa shape index (κ3) is 2.64. The van der Waals surface area contributed by atoms with Gasteiger partial charge in [-0.15, -0.1) is 0 Å². The molecule has 3 heterocycles. The molecule has 3 aliphatic heterocycles. The molecule has 0 saturated carbocycles. The number of methoxy groups -OCH3 is 2. The van der Waals surface area contributed by atoms with Crippen molar-refractivity contribution in [3.8, 4) is 23.0 Å². The van der Waals surface area contributed by atoms with E-state index in [9.17, 15) is 0 Å². The first-order chi connectivity index (χ1) is 12.6. The summed E-state index contributed by atoms with van der Waals surface area (Å²) < 4.78 is 23.5. The zero-order valence-corrected chi connectivity index (χ0v) is 16.6. The number of hydrogen-bond donors (Lipinski definition) is 0. The lowest BCUT2D eigenvalue weighted by Gasteiger charge is -2.49. The van der Waals surface area contributed by atoms with Crippen molar-refractivity contribution in [2.24, 2.45) is 0 Å². The van der Waals surface area contributed by atoms with Gasteiger partial charge in [-0.1, -0.05) is 0 Å². The molecule has 5 nitrogen and oxygen atoms in total. The lowest BCUT2D eigenvalue weighted by molar-refractivity contribution is -0.956. The van der Waals surface area contributed by atoms with Crippen molar-refractivity contribution in [3.63, 3.8) is 0 Å². The smallest absolute Gasteiger partial charge is 0.231 e. The topological polar surface area (TPSA) is 36.9 Å². The van der Waals surface area contributed by atoms with Crippen LogP contribution in [0.2, 0.25) is 0 Å². The summed E-state index contributed by atoms with van der Waals surface area (Å²) in [7, 11) is 5.80. The standard InChI is InChI=1S/C21H24NO4.ClH/c1-22-7-6-13-8-19-20(26-12-25-19)10-15(13)17(22)9-16-14(11-22)4-5-18(23-2)21(16)24-3;/h4-5,8,10,17H,6-7,9,11-12H2,1-3H3;1H/q+1;/p-1/t17-,22+;/m0./s1. The van der Waals surface area contributed by atoms with Gasteiger partial charge in [0.1, 0.15) is 12.6 Å². The highest BCUT2D eigenvalue weighted by atomic mass is 35.5. The number of rotatable bonds is 2. The molecule has 3 aliphatic rings. The molecule has 0 spiro atoms. The van der Waals surface area contributed by atoms with Crippen LogP contribution < -0.4 is 31.4 Å². The molecule has 0 amide bonds.